The maximum Gasteiger partial charge on any atom is 0.250 e. The normalized spacial score (nSPS) is 14.4. The summed E-state index contributed by atoms with van der Waals surface area (Å²) in [7, 11) is 3.14. The molecule has 0 saturated carbocycles. The molecule has 28 heavy (non-hydrogen) atoms. The van der Waals surface area contributed by atoms with Crippen LogP contribution in [0.25, 0.3) is 11.1 Å². The van der Waals surface area contributed by atoms with Crippen LogP contribution < -0.4 is 14.8 Å². The minimum atomic E-state index is -0.306. The summed E-state index contributed by atoms with van der Waals surface area (Å²) in [5.74, 6) is 1.41. The van der Waals surface area contributed by atoms with Crippen molar-refractivity contribution in [3.63, 3.8) is 0 Å². The average Bonchev–Trinajstić information content (AvgIpc) is 2.73. The second-order valence-corrected chi connectivity index (χ2v) is 6.55. The highest BCUT2D eigenvalue weighted by molar-refractivity contribution is 5.92. The fourth-order valence-electron chi connectivity index (χ4n) is 3.47. The molecule has 5 heteroatoms. The zero-order chi connectivity index (χ0) is 19.5. The lowest BCUT2D eigenvalue weighted by Crippen LogP contribution is -2.19. The Hall–Kier alpha value is -3.31. The van der Waals surface area contributed by atoms with Crippen LogP contribution >= 0.6 is 0 Å². The molecule has 1 unspecified atom stereocenters. The molecule has 3 aromatic carbocycles. The Morgan fingerprint density at radius 3 is 2.68 bits per heavy atom. The van der Waals surface area contributed by atoms with Crippen molar-refractivity contribution in [2.75, 3.05) is 26.1 Å². The van der Waals surface area contributed by atoms with E-state index in [-0.39, 0.29) is 18.6 Å². The van der Waals surface area contributed by atoms with Crippen LogP contribution in [0.5, 0.6) is 11.5 Å². The maximum atomic E-state index is 11.9. The van der Waals surface area contributed by atoms with Gasteiger partial charge >= 0.3 is 0 Å². The topological polar surface area (TPSA) is 56.8 Å². The molecule has 0 fully saturated rings. The molecular weight excluding hydrogens is 354 g/mol. The number of nitrogens with one attached hydrogen (secondary N) is 1. The smallest absolute Gasteiger partial charge is 0.250 e. The Balaban J connectivity index is 1.80. The number of fused-ring (bicyclic) bond motifs is 3. The Morgan fingerprint density at radius 1 is 1.00 bits per heavy atom. The summed E-state index contributed by atoms with van der Waals surface area (Å²) in [5.41, 5.74) is 4.79. The predicted molar refractivity (Wildman–Crippen MR) is 108 cm³/mol. The molecule has 0 aliphatic carbocycles. The number of anilines is 1. The van der Waals surface area contributed by atoms with E-state index in [0.717, 1.165) is 33.8 Å². The number of rotatable bonds is 5. The van der Waals surface area contributed by atoms with E-state index >= 15 is 0 Å². The number of para-hydroxylation sites is 1. The van der Waals surface area contributed by atoms with E-state index in [1.54, 1.807) is 7.11 Å². The first kappa shape index (κ1) is 18.1. The van der Waals surface area contributed by atoms with E-state index < -0.39 is 0 Å². The van der Waals surface area contributed by atoms with Crippen molar-refractivity contribution >= 4 is 11.6 Å². The van der Waals surface area contributed by atoms with Crippen LogP contribution in [0.15, 0.2) is 66.7 Å². The van der Waals surface area contributed by atoms with Crippen LogP contribution in [0.1, 0.15) is 17.2 Å². The Kier molecular flexibility index (Phi) is 5.00. The molecule has 0 radical (unpaired) electrons. The number of amides is 1. The second-order valence-electron chi connectivity index (χ2n) is 6.55. The van der Waals surface area contributed by atoms with Gasteiger partial charge in [0.15, 0.2) is 0 Å². The summed E-state index contributed by atoms with van der Waals surface area (Å²) in [4.78, 5) is 11.9. The highest BCUT2D eigenvalue weighted by Gasteiger charge is 2.28. The molecule has 1 N–H and O–H groups in total. The highest BCUT2D eigenvalue weighted by Crippen LogP contribution is 2.45. The largest absolute Gasteiger partial charge is 0.497 e. The van der Waals surface area contributed by atoms with Crippen LogP contribution in [0.2, 0.25) is 0 Å². The first-order valence-electron chi connectivity index (χ1n) is 9.02. The van der Waals surface area contributed by atoms with Crippen molar-refractivity contribution in [3.8, 4) is 22.6 Å². The van der Waals surface area contributed by atoms with Crippen molar-refractivity contribution in [2.45, 2.75) is 6.10 Å². The van der Waals surface area contributed by atoms with Crippen LogP contribution in [-0.2, 0) is 9.53 Å². The van der Waals surface area contributed by atoms with E-state index in [1.165, 1.54) is 7.11 Å². The lowest BCUT2D eigenvalue weighted by molar-refractivity contribution is -0.119. The molecule has 0 bridgehead atoms. The molecule has 3 aromatic rings. The molecule has 1 atom stereocenters. The van der Waals surface area contributed by atoms with Gasteiger partial charge in [0.05, 0.1) is 7.11 Å². The van der Waals surface area contributed by atoms with Gasteiger partial charge in [-0.25, -0.2) is 0 Å². The number of methoxy groups -OCH3 is 2. The van der Waals surface area contributed by atoms with Gasteiger partial charge in [-0.1, -0.05) is 36.4 Å². The molecule has 5 nitrogen and oxygen atoms in total. The van der Waals surface area contributed by atoms with Gasteiger partial charge in [-0.2, -0.15) is 0 Å². The standard InChI is InChI=1S/C23H21NO4/c1-26-14-22(25)24-16-10-11-18-19-8-3-4-9-21(19)28-23(20(18)13-16)15-6-5-7-17(12-15)27-2/h3-13,23H,14H2,1-2H3,(H,24,25). The third-order valence-electron chi connectivity index (χ3n) is 4.71. The summed E-state index contributed by atoms with van der Waals surface area (Å²) < 4.78 is 16.6. The van der Waals surface area contributed by atoms with Crippen LogP contribution in [0.4, 0.5) is 5.69 Å². The predicted octanol–water partition coefficient (Wildman–Crippen LogP) is 4.43. The molecule has 1 heterocycles. The maximum absolute atomic E-state index is 11.9. The lowest BCUT2D eigenvalue weighted by Gasteiger charge is -2.30. The molecule has 0 spiro atoms. The van der Waals surface area contributed by atoms with Crippen molar-refractivity contribution in [1.29, 1.82) is 0 Å². The van der Waals surface area contributed by atoms with Crippen LogP contribution in [-0.4, -0.2) is 26.7 Å². The van der Waals surface area contributed by atoms with Gasteiger partial charge in [0, 0.05) is 29.5 Å². The first-order valence-corrected chi connectivity index (χ1v) is 9.02. The van der Waals surface area contributed by atoms with Gasteiger partial charge in [0.2, 0.25) is 5.91 Å². The number of hydrogen-bond donors (Lipinski definition) is 1. The Labute approximate surface area is 163 Å². The summed E-state index contributed by atoms with van der Waals surface area (Å²) in [6.07, 6.45) is -0.306. The van der Waals surface area contributed by atoms with Gasteiger partial charge in [0.25, 0.3) is 0 Å². The molecule has 0 saturated heterocycles. The van der Waals surface area contributed by atoms with Crippen LogP contribution in [0.3, 0.4) is 0 Å². The van der Waals surface area contributed by atoms with Gasteiger partial charge in [-0.05, 0) is 35.9 Å². The molecule has 1 aliphatic rings. The van der Waals surface area contributed by atoms with Crippen molar-refractivity contribution < 1.29 is 19.0 Å². The quantitative estimate of drug-likeness (QED) is 0.717. The average molecular weight is 375 g/mol. The van der Waals surface area contributed by atoms with E-state index in [2.05, 4.69) is 5.32 Å². The van der Waals surface area contributed by atoms with E-state index in [4.69, 9.17) is 14.2 Å². The number of carbonyl (C=O) groups is 1. The molecule has 1 aliphatic heterocycles. The zero-order valence-corrected chi connectivity index (χ0v) is 15.8. The van der Waals surface area contributed by atoms with Crippen molar-refractivity contribution in [1.82, 2.24) is 0 Å². The molecule has 1 amide bonds. The highest BCUT2D eigenvalue weighted by atomic mass is 16.5. The third-order valence-corrected chi connectivity index (χ3v) is 4.71. The van der Waals surface area contributed by atoms with E-state index in [9.17, 15) is 4.79 Å². The first-order chi connectivity index (χ1) is 13.7. The Bertz CT molecular complexity index is 1010. The SMILES string of the molecule is COCC(=O)Nc1ccc2c(c1)C(c1cccc(OC)c1)Oc1ccccc1-2. The fraction of sp³-hybridized carbons (Fsp3) is 0.174. The van der Waals surface area contributed by atoms with E-state index in [1.807, 2.05) is 66.7 Å². The summed E-state index contributed by atoms with van der Waals surface area (Å²) >= 11 is 0. The van der Waals surface area contributed by atoms with Gasteiger partial charge in [0.1, 0.15) is 24.2 Å². The molecule has 0 aromatic heterocycles. The minimum absolute atomic E-state index is 0.00965. The minimum Gasteiger partial charge on any atom is -0.497 e. The molecular formula is C23H21NO4. The summed E-state index contributed by atoms with van der Waals surface area (Å²) in [6.45, 7) is 0.00965. The molecule has 4 rings (SSSR count). The van der Waals surface area contributed by atoms with Gasteiger partial charge in [-0.15, -0.1) is 0 Å². The number of hydrogen-bond acceptors (Lipinski definition) is 4. The summed E-state index contributed by atoms with van der Waals surface area (Å²) in [6, 6.07) is 21.7. The van der Waals surface area contributed by atoms with Crippen molar-refractivity contribution in [2.24, 2.45) is 0 Å². The number of ether oxygens (including phenoxy) is 3. The summed E-state index contributed by atoms with van der Waals surface area (Å²) in [5, 5.41) is 2.87. The third kappa shape index (κ3) is 3.44. The van der Waals surface area contributed by atoms with Gasteiger partial charge in [-0.3, -0.25) is 4.79 Å². The second kappa shape index (κ2) is 7.74. The fourth-order valence-corrected chi connectivity index (χ4v) is 3.47. The number of benzene rings is 3. The number of carbonyl (C=O) groups excluding carboxylic acids is 1. The molecule has 142 valence electrons. The Morgan fingerprint density at radius 2 is 1.86 bits per heavy atom. The monoisotopic (exact) mass is 375 g/mol. The lowest BCUT2D eigenvalue weighted by atomic mass is 9.89. The van der Waals surface area contributed by atoms with Crippen LogP contribution in [0, 0.1) is 0 Å². The van der Waals surface area contributed by atoms with Gasteiger partial charge < -0.3 is 19.5 Å². The zero-order valence-electron chi connectivity index (χ0n) is 15.8. The van der Waals surface area contributed by atoms with E-state index in [0.29, 0.717) is 5.69 Å². The van der Waals surface area contributed by atoms with Crippen molar-refractivity contribution in [3.05, 3.63) is 77.9 Å².